The third-order valence-electron chi connectivity index (χ3n) is 3.06. The molecule has 92 valence electrons. The van der Waals surface area contributed by atoms with Gasteiger partial charge in [-0.25, -0.2) is 0 Å². The maximum absolute atomic E-state index is 5.95. The summed E-state index contributed by atoms with van der Waals surface area (Å²) in [6.07, 6.45) is 0.809. The fourth-order valence-corrected chi connectivity index (χ4v) is 2.11. The van der Waals surface area contributed by atoms with Gasteiger partial charge in [0.05, 0.1) is 0 Å². The van der Waals surface area contributed by atoms with E-state index >= 15 is 0 Å². The van der Waals surface area contributed by atoms with Crippen molar-refractivity contribution < 1.29 is 9.47 Å². The molecule has 18 heavy (non-hydrogen) atoms. The Morgan fingerprint density at radius 2 is 1.72 bits per heavy atom. The van der Waals surface area contributed by atoms with E-state index in [1.165, 1.54) is 5.56 Å². The Morgan fingerprint density at radius 1 is 0.944 bits per heavy atom. The molecule has 0 saturated carbocycles. The zero-order chi connectivity index (χ0) is 12.4. The first kappa shape index (κ1) is 11.0. The maximum atomic E-state index is 5.95. The summed E-state index contributed by atoms with van der Waals surface area (Å²) >= 11 is 0. The zero-order valence-corrected chi connectivity index (χ0v) is 10.1. The maximum Gasteiger partial charge on any atom is 0.161 e. The molecular formula is C15H15NO2. The largest absolute Gasteiger partial charge is 0.486 e. The van der Waals surface area contributed by atoms with E-state index in [0.717, 1.165) is 29.2 Å². The van der Waals surface area contributed by atoms with Crippen LogP contribution in [-0.2, 0) is 6.42 Å². The highest BCUT2D eigenvalue weighted by molar-refractivity contribution is 5.50. The van der Waals surface area contributed by atoms with Gasteiger partial charge in [-0.2, -0.15) is 0 Å². The van der Waals surface area contributed by atoms with Crippen LogP contribution in [0.25, 0.3) is 0 Å². The van der Waals surface area contributed by atoms with Gasteiger partial charge >= 0.3 is 0 Å². The van der Waals surface area contributed by atoms with Crippen LogP contribution >= 0.6 is 0 Å². The minimum Gasteiger partial charge on any atom is -0.486 e. The second kappa shape index (κ2) is 4.61. The van der Waals surface area contributed by atoms with Crippen LogP contribution in [0.3, 0.4) is 0 Å². The monoisotopic (exact) mass is 241 g/mol. The molecule has 0 aliphatic carbocycles. The first-order valence-corrected chi connectivity index (χ1v) is 6.05. The molecule has 3 nitrogen and oxygen atoms in total. The number of hydrogen-bond donors (Lipinski definition) is 1. The second-order valence-corrected chi connectivity index (χ2v) is 4.35. The van der Waals surface area contributed by atoms with E-state index in [0.29, 0.717) is 13.2 Å². The molecule has 2 aromatic rings. The van der Waals surface area contributed by atoms with E-state index in [2.05, 4.69) is 6.07 Å². The summed E-state index contributed by atoms with van der Waals surface area (Å²) < 4.78 is 11.1. The molecule has 3 heteroatoms. The molecule has 2 aromatic carbocycles. The van der Waals surface area contributed by atoms with Crippen molar-refractivity contribution in [3.63, 3.8) is 0 Å². The number of hydrogen-bond acceptors (Lipinski definition) is 3. The van der Waals surface area contributed by atoms with E-state index < -0.39 is 0 Å². The predicted octanol–water partition coefficient (Wildman–Crippen LogP) is 2.63. The molecule has 0 atom stereocenters. The summed E-state index contributed by atoms with van der Waals surface area (Å²) in [5.41, 5.74) is 9.09. The summed E-state index contributed by atoms with van der Waals surface area (Å²) in [5.74, 6) is 1.65. The van der Waals surface area contributed by atoms with Gasteiger partial charge in [0.15, 0.2) is 11.5 Å². The minimum absolute atomic E-state index is 0.615. The van der Waals surface area contributed by atoms with Gasteiger partial charge in [0.1, 0.15) is 13.2 Å². The van der Waals surface area contributed by atoms with E-state index in [9.17, 15) is 0 Å². The van der Waals surface area contributed by atoms with E-state index in [-0.39, 0.29) is 0 Å². The number of para-hydroxylation sites is 1. The van der Waals surface area contributed by atoms with E-state index in [1.54, 1.807) is 0 Å². The lowest BCUT2D eigenvalue weighted by molar-refractivity contribution is 0.171. The molecule has 0 radical (unpaired) electrons. The van der Waals surface area contributed by atoms with Crippen molar-refractivity contribution in [2.45, 2.75) is 6.42 Å². The van der Waals surface area contributed by atoms with Gasteiger partial charge in [-0.3, -0.25) is 0 Å². The van der Waals surface area contributed by atoms with E-state index in [1.807, 2.05) is 36.4 Å². The third kappa shape index (κ3) is 2.12. The Kier molecular flexibility index (Phi) is 2.81. The van der Waals surface area contributed by atoms with Gasteiger partial charge in [0, 0.05) is 5.69 Å². The molecule has 0 fully saturated rings. The topological polar surface area (TPSA) is 44.5 Å². The van der Waals surface area contributed by atoms with E-state index in [4.69, 9.17) is 15.2 Å². The highest BCUT2D eigenvalue weighted by Crippen LogP contribution is 2.31. The third-order valence-corrected chi connectivity index (χ3v) is 3.06. The molecule has 0 amide bonds. The second-order valence-electron chi connectivity index (χ2n) is 4.35. The molecule has 0 saturated heterocycles. The number of fused-ring (bicyclic) bond motifs is 1. The Balaban J connectivity index is 1.87. The van der Waals surface area contributed by atoms with Crippen LogP contribution < -0.4 is 15.2 Å². The quantitative estimate of drug-likeness (QED) is 0.822. The fourth-order valence-electron chi connectivity index (χ4n) is 2.11. The van der Waals surface area contributed by atoms with Gasteiger partial charge in [-0.05, 0) is 35.7 Å². The van der Waals surface area contributed by atoms with Crippen LogP contribution in [0, 0.1) is 0 Å². The Morgan fingerprint density at radius 3 is 2.56 bits per heavy atom. The van der Waals surface area contributed by atoms with Gasteiger partial charge in [0.25, 0.3) is 0 Å². The Labute approximate surface area is 106 Å². The van der Waals surface area contributed by atoms with Crippen LogP contribution in [0.15, 0.2) is 42.5 Å². The van der Waals surface area contributed by atoms with Crippen molar-refractivity contribution in [1.29, 1.82) is 0 Å². The van der Waals surface area contributed by atoms with Crippen molar-refractivity contribution in [2.75, 3.05) is 18.9 Å². The van der Waals surface area contributed by atoms with Gasteiger partial charge in [-0.15, -0.1) is 0 Å². The highest BCUT2D eigenvalue weighted by Gasteiger charge is 2.12. The summed E-state index contributed by atoms with van der Waals surface area (Å²) in [6, 6.07) is 14.0. The Bertz CT molecular complexity index is 566. The average Bonchev–Trinajstić information content (AvgIpc) is 2.41. The Hall–Kier alpha value is -2.16. The first-order valence-electron chi connectivity index (χ1n) is 6.05. The van der Waals surface area contributed by atoms with Gasteiger partial charge in [-0.1, -0.05) is 24.3 Å². The molecular weight excluding hydrogens is 226 g/mol. The molecule has 0 unspecified atom stereocenters. The van der Waals surface area contributed by atoms with Gasteiger partial charge in [0.2, 0.25) is 0 Å². The molecule has 0 aromatic heterocycles. The zero-order valence-electron chi connectivity index (χ0n) is 10.1. The smallest absolute Gasteiger partial charge is 0.161 e. The molecule has 3 rings (SSSR count). The number of ether oxygens (including phenoxy) is 2. The standard InChI is InChI=1S/C15H15NO2/c16-13-4-2-1-3-12(13)9-11-5-6-14-15(10-11)18-8-7-17-14/h1-6,10H,7-9,16H2. The summed E-state index contributed by atoms with van der Waals surface area (Å²) in [5, 5.41) is 0. The average molecular weight is 241 g/mol. The van der Waals surface area contributed by atoms with Crippen LogP contribution in [0.1, 0.15) is 11.1 Å². The number of rotatable bonds is 2. The van der Waals surface area contributed by atoms with Crippen LogP contribution in [-0.4, -0.2) is 13.2 Å². The normalized spacial score (nSPS) is 13.3. The molecule has 2 N–H and O–H groups in total. The summed E-state index contributed by atoms with van der Waals surface area (Å²) in [4.78, 5) is 0. The molecule has 0 bridgehead atoms. The van der Waals surface area contributed by atoms with Crippen molar-refractivity contribution >= 4 is 5.69 Å². The van der Waals surface area contributed by atoms with Crippen molar-refractivity contribution in [2.24, 2.45) is 0 Å². The lowest BCUT2D eigenvalue weighted by atomic mass is 10.0. The first-order chi connectivity index (χ1) is 8.83. The number of benzene rings is 2. The number of nitrogen functional groups attached to an aromatic ring is 1. The number of anilines is 1. The molecule has 1 aliphatic heterocycles. The van der Waals surface area contributed by atoms with Gasteiger partial charge < -0.3 is 15.2 Å². The predicted molar refractivity (Wildman–Crippen MR) is 71.1 cm³/mol. The lowest BCUT2D eigenvalue weighted by Crippen LogP contribution is -2.15. The minimum atomic E-state index is 0.615. The SMILES string of the molecule is Nc1ccccc1Cc1ccc2c(c1)OCCO2. The molecule has 1 aliphatic rings. The van der Waals surface area contributed by atoms with Crippen LogP contribution in [0.2, 0.25) is 0 Å². The fraction of sp³-hybridized carbons (Fsp3) is 0.200. The van der Waals surface area contributed by atoms with Crippen LogP contribution in [0.5, 0.6) is 11.5 Å². The van der Waals surface area contributed by atoms with Crippen molar-refractivity contribution in [1.82, 2.24) is 0 Å². The van der Waals surface area contributed by atoms with Crippen molar-refractivity contribution in [3.05, 3.63) is 53.6 Å². The summed E-state index contributed by atoms with van der Waals surface area (Å²) in [6.45, 7) is 1.24. The lowest BCUT2D eigenvalue weighted by Gasteiger charge is -2.19. The molecule has 1 heterocycles. The number of nitrogens with two attached hydrogens (primary N) is 1. The highest BCUT2D eigenvalue weighted by atomic mass is 16.6. The summed E-state index contributed by atoms with van der Waals surface area (Å²) in [7, 11) is 0. The van der Waals surface area contributed by atoms with Crippen LogP contribution in [0.4, 0.5) is 5.69 Å². The molecule has 0 spiro atoms. The van der Waals surface area contributed by atoms with Crippen molar-refractivity contribution in [3.8, 4) is 11.5 Å².